The molecule has 7 heteroatoms. The second kappa shape index (κ2) is 6.83. The molecule has 4 rings (SSSR count). The number of aryl methyl sites for hydroxylation is 1. The van der Waals surface area contributed by atoms with E-state index in [0.29, 0.717) is 30.3 Å². The molecule has 1 amide bonds. The Morgan fingerprint density at radius 3 is 3.04 bits per heavy atom. The number of anilines is 1. The summed E-state index contributed by atoms with van der Waals surface area (Å²) in [5.74, 6) is 1.61. The fourth-order valence-corrected chi connectivity index (χ4v) is 3.41. The first-order chi connectivity index (χ1) is 13.0. The smallest absolute Gasteiger partial charge is 0.250 e. The lowest BCUT2D eigenvalue weighted by Gasteiger charge is -2.21. The molecule has 2 aromatic rings. The number of aliphatic hydroxyl groups excluding tert-OH is 1. The summed E-state index contributed by atoms with van der Waals surface area (Å²) in [6.45, 7) is 4.40. The van der Waals surface area contributed by atoms with E-state index in [1.54, 1.807) is 25.3 Å². The van der Waals surface area contributed by atoms with E-state index in [9.17, 15) is 9.90 Å². The van der Waals surface area contributed by atoms with Crippen LogP contribution < -0.4 is 19.7 Å². The van der Waals surface area contributed by atoms with Crippen LogP contribution in [0.4, 0.5) is 5.69 Å². The summed E-state index contributed by atoms with van der Waals surface area (Å²) in [5.41, 5.74) is 0.905. The summed E-state index contributed by atoms with van der Waals surface area (Å²) < 4.78 is 11.5. The number of benzene rings is 1. The van der Waals surface area contributed by atoms with E-state index in [1.807, 2.05) is 25.1 Å². The Balaban J connectivity index is 1.57. The van der Waals surface area contributed by atoms with E-state index in [-0.39, 0.29) is 5.91 Å². The molecular formula is C20H23N3O4. The van der Waals surface area contributed by atoms with Gasteiger partial charge < -0.3 is 14.6 Å². The number of rotatable bonds is 4. The number of hydrogen-bond acceptors (Lipinski definition) is 6. The van der Waals surface area contributed by atoms with E-state index in [1.165, 1.54) is 10.5 Å². The van der Waals surface area contributed by atoms with Gasteiger partial charge in [-0.05, 0) is 43.9 Å². The van der Waals surface area contributed by atoms with Crippen molar-refractivity contribution in [2.24, 2.45) is 0 Å². The topological polar surface area (TPSA) is 83.9 Å². The summed E-state index contributed by atoms with van der Waals surface area (Å²) in [6.07, 6.45) is 3.06. The molecule has 1 saturated heterocycles. The molecule has 0 aliphatic carbocycles. The third-order valence-electron chi connectivity index (χ3n) is 5.20. The van der Waals surface area contributed by atoms with E-state index in [2.05, 4.69) is 10.3 Å². The van der Waals surface area contributed by atoms with Crippen LogP contribution >= 0.6 is 0 Å². The van der Waals surface area contributed by atoms with Crippen molar-refractivity contribution < 1.29 is 19.4 Å². The van der Waals surface area contributed by atoms with Gasteiger partial charge in [-0.3, -0.25) is 15.0 Å². The Morgan fingerprint density at radius 2 is 2.26 bits per heavy atom. The first-order valence-electron chi connectivity index (χ1n) is 9.19. The Bertz CT molecular complexity index is 872. The number of amides is 1. The monoisotopic (exact) mass is 369 g/mol. The number of carbonyl (C=O) groups excluding carboxylic acids is 1. The molecule has 2 atom stereocenters. The minimum absolute atomic E-state index is 0.183. The van der Waals surface area contributed by atoms with Gasteiger partial charge in [0.15, 0.2) is 6.35 Å². The van der Waals surface area contributed by atoms with Gasteiger partial charge in [0.2, 0.25) is 11.8 Å². The van der Waals surface area contributed by atoms with Crippen LogP contribution in [-0.2, 0) is 11.2 Å². The summed E-state index contributed by atoms with van der Waals surface area (Å²) in [5, 5.41) is 13.2. The number of nitrogens with one attached hydrogen (secondary N) is 1. The fourth-order valence-electron chi connectivity index (χ4n) is 3.41. The predicted molar refractivity (Wildman–Crippen MR) is 99.9 cm³/mol. The summed E-state index contributed by atoms with van der Waals surface area (Å²) in [6, 6.07) is 9.05. The first kappa shape index (κ1) is 17.8. The third kappa shape index (κ3) is 3.24. The minimum Gasteiger partial charge on any atom is -0.493 e. The average Bonchev–Trinajstić information content (AvgIpc) is 2.91. The zero-order valence-electron chi connectivity index (χ0n) is 15.4. The molecule has 27 heavy (non-hydrogen) atoms. The van der Waals surface area contributed by atoms with E-state index < -0.39 is 11.9 Å². The van der Waals surface area contributed by atoms with Crippen molar-refractivity contribution in [2.45, 2.75) is 45.0 Å². The van der Waals surface area contributed by atoms with Crippen molar-refractivity contribution in [3.63, 3.8) is 0 Å². The van der Waals surface area contributed by atoms with Gasteiger partial charge in [0.1, 0.15) is 11.5 Å². The molecule has 1 aromatic carbocycles. The van der Waals surface area contributed by atoms with Crippen molar-refractivity contribution >= 4 is 11.6 Å². The highest BCUT2D eigenvalue weighted by Gasteiger charge is 2.47. The molecule has 2 aliphatic rings. The van der Waals surface area contributed by atoms with Crippen LogP contribution in [0.5, 0.6) is 17.4 Å². The summed E-state index contributed by atoms with van der Waals surface area (Å²) in [7, 11) is 0. The van der Waals surface area contributed by atoms with Gasteiger partial charge in [0.05, 0.1) is 17.8 Å². The molecule has 0 bridgehead atoms. The number of fused-ring (bicyclic) bond motifs is 1. The Morgan fingerprint density at radius 1 is 1.41 bits per heavy atom. The number of hydrogen-bond donors (Lipinski definition) is 2. The Labute approximate surface area is 157 Å². The third-order valence-corrected chi connectivity index (χ3v) is 5.20. The number of aromatic nitrogens is 1. The molecule has 0 spiro atoms. The lowest BCUT2D eigenvalue weighted by atomic mass is 9.99. The largest absolute Gasteiger partial charge is 0.493 e. The SMILES string of the molecule is CC[C@@]1(C)NC(O)N(c2ccnc(Oc3ccc4c(c3)OCCC4)c2)C1=O. The lowest BCUT2D eigenvalue weighted by molar-refractivity contribution is -0.121. The maximum atomic E-state index is 12.7. The van der Waals surface area contributed by atoms with Crippen molar-refractivity contribution in [1.29, 1.82) is 0 Å². The van der Waals surface area contributed by atoms with Gasteiger partial charge in [-0.25, -0.2) is 4.98 Å². The maximum Gasteiger partial charge on any atom is 0.250 e. The molecule has 7 nitrogen and oxygen atoms in total. The minimum atomic E-state index is -1.09. The van der Waals surface area contributed by atoms with Crippen LogP contribution in [-0.4, -0.2) is 34.5 Å². The molecule has 1 unspecified atom stereocenters. The van der Waals surface area contributed by atoms with Gasteiger partial charge in [-0.1, -0.05) is 13.0 Å². The first-order valence-corrected chi connectivity index (χ1v) is 9.19. The molecular weight excluding hydrogens is 346 g/mol. The summed E-state index contributed by atoms with van der Waals surface area (Å²) in [4.78, 5) is 18.3. The average molecular weight is 369 g/mol. The van der Waals surface area contributed by atoms with Crippen molar-refractivity contribution in [3.8, 4) is 17.4 Å². The lowest BCUT2D eigenvalue weighted by Crippen LogP contribution is -2.43. The van der Waals surface area contributed by atoms with Gasteiger partial charge in [-0.2, -0.15) is 0 Å². The highest BCUT2D eigenvalue weighted by atomic mass is 16.5. The zero-order valence-corrected chi connectivity index (χ0v) is 15.4. The zero-order chi connectivity index (χ0) is 19.0. The molecule has 1 aromatic heterocycles. The van der Waals surface area contributed by atoms with E-state index in [0.717, 1.165) is 18.6 Å². The number of nitrogens with zero attached hydrogens (tertiary/aromatic N) is 2. The molecule has 0 radical (unpaired) electrons. The standard InChI is InChI=1S/C20H23N3O4/c1-3-20(2)18(24)23(19(25)22-20)14-8-9-21-17(11-14)27-15-7-6-13-5-4-10-26-16(13)12-15/h6-9,11-12,19,22,25H,3-5,10H2,1-2H3/t19?,20-/m1/s1. The van der Waals surface area contributed by atoms with Gasteiger partial charge in [-0.15, -0.1) is 0 Å². The van der Waals surface area contributed by atoms with Crippen LogP contribution in [0.3, 0.4) is 0 Å². The molecule has 2 N–H and O–H groups in total. The molecule has 1 fully saturated rings. The summed E-state index contributed by atoms with van der Waals surface area (Å²) >= 11 is 0. The van der Waals surface area contributed by atoms with Gasteiger partial charge >= 0.3 is 0 Å². The molecule has 0 saturated carbocycles. The fraction of sp³-hybridized carbons (Fsp3) is 0.400. The molecule has 3 heterocycles. The molecule has 2 aliphatic heterocycles. The number of pyridine rings is 1. The number of carbonyl (C=O) groups is 1. The molecule has 142 valence electrons. The normalized spacial score (nSPS) is 24.5. The number of aliphatic hydroxyl groups is 1. The quantitative estimate of drug-likeness (QED) is 0.862. The van der Waals surface area contributed by atoms with Crippen molar-refractivity contribution in [1.82, 2.24) is 10.3 Å². The Kier molecular flexibility index (Phi) is 4.49. The highest BCUT2D eigenvalue weighted by molar-refractivity contribution is 6.02. The van der Waals surface area contributed by atoms with Gasteiger partial charge in [0, 0.05) is 18.3 Å². The van der Waals surface area contributed by atoms with Crippen LogP contribution in [0.25, 0.3) is 0 Å². The van der Waals surface area contributed by atoms with Crippen LogP contribution in [0.15, 0.2) is 36.5 Å². The van der Waals surface area contributed by atoms with Crippen LogP contribution in [0.1, 0.15) is 32.3 Å². The number of ether oxygens (including phenoxy) is 2. The van der Waals surface area contributed by atoms with Gasteiger partial charge in [0.25, 0.3) is 0 Å². The maximum absolute atomic E-state index is 12.7. The second-order valence-electron chi connectivity index (χ2n) is 7.05. The van der Waals surface area contributed by atoms with Crippen LogP contribution in [0.2, 0.25) is 0 Å². The van der Waals surface area contributed by atoms with E-state index >= 15 is 0 Å². The van der Waals surface area contributed by atoms with E-state index in [4.69, 9.17) is 9.47 Å². The Hall–Kier alpha value is -2.64. The predicted octanol–water partition coefficient (Wildman–Crippen LogP) is 2.58. The highest BCUT2D eigenvalue weighted by Crippen LogP contribution is 2.33. The van der Waals surface area contributed by atoms with Crippen molar-refractivity contribution in [3.05, 3.63) is 42.1 Å². The van der Waals surface area contributed by atoms with Crippen molar-refractivity contribution in [2.75, 3.05) is 11.5 Å². The second-order valence-corrected chi connectivity index (χ2v) is 7.05. The van der Waals surface area contributed by atoms with Crippen LogP contribution in [0, 0.1) is 0 Å².